The lowest BCUT2D eigenvalue weighted by atomic mass is 9.74. The van der Waals surface area contributed by atoms with Gasteiger partial charge in [0.25, 0.3) is 0 Å². The molecule has 0 heterocycles. The molecule has 100 valence electrons. The van der Waals surface area contributed by atoms with Crippen LogP contribution in [0.3, 0.4) is 0 Å². The van der Waals surface area contributed by atoms with Gasteiger partial charge in [-0.15, -0.1) is 0 Å². The lowest BCUT2D eigenvalue weighted by Gasteiger charge is -2.30. The fourth-order valence-corrected chi connectivity index (χ4v) is 2.14. The number of halogens is 2. The largest absolute Gasteiger partial charge is 0.481 e. The third kappa shape index (κ3) is 2.85. The van der Waals surface area contributed by atoms with Crippen LogP contribution >= 0.6 is 0 Å². The average Bonchev–Trinajstić information content (AvgIpc) is 2.23. The van der Waals surface area contributed by atoms with E-state index in [1.807, 2.05) is 13.8 Å². The van der Waals surface area contributed by atoms with Crippen molar-refractivity contribution in [1.29, 1.82) is 0 Å². The van der Waals surface area contributed by atoms with Gasteiger partial charge in [0, 0.05) is 12.6 Å². The van der Waals surface area contributed by atoms with Crippen molar-refractivity contribution in [1.82, 2.24) is 0 Å². The third-order valence-corrected chi connectivity index (χ3v) is 2.93. The first-order valence-electron chi connectivity index (χ1n) is 5.72. The SMILES string of the molecule is CC(C)CC(CN)(C(=O)O)c1cc(F)cc(F)c1. The van der Waals surface area contributed by atoms with Gasteiger partial charge in [-0.1, -0.05) is 13.8 Å². The van der Waals surface area contributed by atoms with E-state index >= 15 is 0 Å². The summed E-state index contributed by atoms with van der Waals surface area (Å²) in [5.74, 6) is -2.72. The molecule has 5 heteroatoms. The second-order valence-electron chi connectivity index (χ2n) is 4.85. The van der Waals surface area contributed by atoms with Gasteiger partial charge in [-0.05, 0) is 30.0 Å². The van der Waals surface area contributed by atoms with Crippen molar-refractivity contribution in [3.63, 3.8) is 0 Å². The quantitative estimate of drug-likeness (QED) is 0.850. The summed E-state index contributed by atoms with van der Waals surface area (Å²) in [5, 5.41) is 9.38. The van der Waals surface area contributed by atoms with Crippen LogP contribution in [0.25, 0.3) is 0 Å². The second kappa shape index (κ2) is 5.44. The van der Waals surface area contributed by atoms with Gasteiger partial charge in [0.15, 0.2) is 0 Å². The second-order valence-corrected chi connectivity index (χ2v) is 4.85. The Balaban J connectivity index is 3.36. The fourth-order valence-electron chi connectivity index (χ4n) is 2.14. The molecular weight excluding hydrogens is 240 g/mol. The van der Waals surface area contributed by atoms with Gasteiger partial charge in [0.1, 0.15) is 17.0 Å². The minimum Gasteiger partial charge on any atom is -0.481 e. The highest BCUT2D eigenvalue weighted by molar-refractivity contribution is 5.81. The van der Waals surface area contributed by atoms with E-state index in [0.717, 1.165) is 12.1 Å². The van der Waals surface area contributed by atoms with Crippen molar-refractivity contribution in [2.45, 2.75) is 25.7 Å². The molecule has 1 unspecified atom stereocenters. The summed E-state index contributed by atoms with van der Waals surface area (Å²) < 4.78 is 26.4. The lowest BCUT2D eigenvalue weighted by Crippen LogP contribution is -2.44. The van der Waals surface area contributed by atoms with Crippen LogP contribution in [0, 0.1) is 17.6 Å². The van der Waals surface area contributed by atoms with Gasteiger partial charge < -0.3 is 10.8 Å². The smallest absolute Gasteiger partial charge is 0.315 e. The number of hydrogen-bond donors (Lipinski definition) is 2. The van der Waals surface area contributed by atoms with Crippen LogP contribution in [0.5, 0.6) is 0 Å². The number of carboxylic acid groups (broad SMARTS) is 1. The molecule has 0 aromatic heterocycles. The molecule has 0 fully saturated rings. The highest BCUT2D eigenvalue weighted by atomic mass is 19.1. The number of benzene rings is 1. The zero-order chi connectivity index (χ0) is 13.9. The van der Waals surface area contributed by atoms with E-state index in [1.165, 1.54) is 0 Å². The Bertz CT molecular complexity index is 428. The molecule has 0 aliphatic heterocycles. The van der Waals surface area contributed by atoms with Crippen LogP contribution in [0.2, 0.25) is 0 Å². The van der Waals surface area contributed by atoms with Gasteiger partial charge in [-0.25, -0.2) is 8.78 Å². The Kier molecular flexibility index (Phi) is 4.40. The van der Waals surface area contributed by atoms with Crippen LogP contribution < -0.4 is 5.73 Å². The number of aliphatic carboxylic acids is 1. The first-order valence-corrected chi connectivity index (χ1v) is 5.72. The van der Waals surface area contributed by atoms with E-state index in [4.69, 9.17) is 5.73 Å². The summed E-state index contributed by atoms with van der Waals surface area (Å²) >= 11 is 0. The molecular formula is C13H17F2NO2. The monoisotopic (exact) mass is 257 g/mol. The van der Waals surface area contributed by atoms with Crippen molar-refractivity contribution in [2.24, 2.45) is 11.7 Å². The maximum absolute atomic E-state index is 13.2. The van der Waals surface area contributed by atoms with Gasteiger partial charge in [0.05, 0.1) is 0 Å². The van der Waals surface area contributed by atoms with E-state index in [0.29, 0.717) is 6.07 Å². The van der Waals surface area contributed by atoms with Gasteiger partial charge >= 0.3 is 5.97 Å². The fraction of sp³-hybridized carbons (Fsp3) is 0.462. The maximum atomic E-state index is 13.2. The molecule has 0 saturated heterocycles. The molecule has 0 spiro atoms. The van der Waals surface area contributed by atoms with Crippen LogP contribution in [0.1, 0.15) is 25.8 Å². The molecule has 0 aliphatic carbocycles. The van der Waals surface area contributed by atoms with E-state index in [-0.39, 0.29) is 24.4 Å². The van der Waals surface area contributed by atoms with Crippen LogP contribution in [-0.4, -0.2) is 17.6 Å². The zero-order valence-corrected chi connectivity index (χ0v) is 10.4. The maximum Gasteiger partial charge on any atom is 0.315 e. The number of hydrogen-bond acceptors (Lipinski definition) is 2. The number of carbonyl (C=O) groups is 1. The van der Waals surface area contributed by atoms with Gasteiger partial charge in [-0.3, -0.25) is 4.79 Å². The van der Waals surface area contributed by atoms with Gasteiger partial charge in [-0.2, -0.15) is 0 Å². The molecule has 18 heavy (non-hydrogen) atoms. The van der Waals surface area contributed by atoms with E-state index in [2.05, 4.69) is 0 Å². The molecule has 0 radical (unpaired) electrons. The third-order valence-electron chi connectivity index (χ3n) is 2.93. The summed E-state index contributed by atoms with van der Waals surface area (Å²) in [7, 11) is 0. The summed E-state index contributed by atoms with van der Waals surface area (Å²) in [4.78, 5) is 11.5. The molecule has 3 nitrogen and oxygen atoms in total. The summed E-state index contributed by atoms with van der Waals surface area (Å²) in [6, 6.07) is 2.78. The Hall–Kier alpha value is -1.49. The molecule has 0 amide bonds. The molecule has 1 atom stereocenters. The van der Waals surface area contributed by atoms with E-state index < -0.39 is 23.0 Å². The van der Waals surface area contributed by atoms with Crippen molar-refractivity contribution in [2.75, 3.05) is 6.54 Å². The van der Waals surface area contributed by atoms with Crippen molar-refractivity contribution < 1.29 is 18.7 Å². The minimum absolute atomic E-state index is 0.0379. The van der Waals surface area contributed by atoms with Crippen LogP contribution in [0.15, 0.2) is 18.2 Å². The molecule has 0 saturated carbocycles. The number of rotatable bonds is 5. The summed E-state index contributed by atoms with van der Waals surface area (Å²) in [6.45, 7) is 3.47. The molecule has 0 aliphatic rings. The van der Waals surface area contributed by atoms with E-state index in [1.54, 1.807) is 0 Å². The predicted molar refractivity (Wildman–Crippen MR) is 64.2 cm³/mol. The van der Waals surface area contributed by atoms with Crippen molar-refractivity contribution in [3.05, 3.63) is 35.4 Å². The molecule has 0 bridgehead atoms. The Labute approximate surface area is 105 Å². The molecule has 1 aromatic rings. The Morgan fingerprint density at radius 1 is 1.33 bits per heavy atom. The Morgan fingerprint density at radius 3 is 2.17 bits per heavy atom. The normalized spacial score (nSPS) is 14.6. The first kappa shape index (κ1) is 14.6. The highest BCUT2D eigenvalue weighted by Crippen LogP contribution is 2.32. The zero-order valence-electron chi connectivity index (χ0n) is 10.4. The average molecular weight is 257 g/mol. The predicted octanol–water partition coefficient (Wildman–Crippen LogP) is 2.29. The van der Waals surface area contributed by atoms with Crippen molar-refractivity contribution >= 4 is 5.97 Å². The number of nitrogens with two attached hydrogens (primary N) is 1. The molecule has 1 rings (SSSR count). The van der Waals surface area contributed by atoms with Crippen molar-refractivity contribution in [3.8, 4) is 0 Å². The highest BCUT2D eigenvalue weighted by Gasteiger charge is 2.40. The first-order chi connectivity index (χ1) is 8.31. The van der Waals surface area contributed by atoms with Crippen LogP contribution in [0.4, 0.5) is 8.78 Å². The lowest BCUT2D eigenvalue weighted by molar-refractivity contribution is -0.144. The minimum atomic E-state index is -1.45. The Morgan fingerprint density at radius 2 is 1.83 bits per heavy atom. The topological polar surface area (TPSA) is 63.3 Å². The standard InChI is InChI=1S/C13H17F2NO2/c1-8(2)6-13(7-16,12(17)18)9-3-10(14)5-11(15)4-9/h3-5,8H,6-7,16H2,1-2H3,(H,17,18). The summed E-state index contributed by atoms with van der Waals surface area (Å²) in [5.41, 5.74) is 4.19. The molecule has 3 N–H and O–H groups in total. The van der Waals surface area contributed by atoms with Gasteiger partial charge in [0.2, 0.25) is 0 Å². The van der Waals surface area contributed by atoms with E-state index in [9.17, 15) is 18.7 Å². The van der Waals surface area contributed by atoms with Crippen LogP contribution in [-0.2, 0) is 10.2 Å². The number of carboxylic acids is 1. The molecule has 1 aromatic carbocycles. The summed E-state index contributed by atoms with van der Waals surface area (Å²) in [6.07, 6.45) is 0.224.